The molecule has 0 amide bonds. The average molecular weight is 308 g/mol. The highest BCUT2D eigenvalue weighted by Gasteiger charge is 2.33. The predicted octanol–water partition coefficient (Wildman–Crippen LogP) is 2.43. The number of nitrogens with zero attached hydrogens (tertiary/aromatic N) is 1. The van der Waals surface area contributed by atoms with E-state index in [0.717, 1.165) is 30.8 Å². The Balaban J connectivity index is 1.49. The molecule has 2 aliphatic carbocycles. The van der Waals surface area contributed by atoms with Crippen LogP contribution >= 0.6 is 0 Å². The van der Waals surface area contributed by atoms with E-state index in [1.165, 1.54) is 65.0 Å². The van der Waals surface area contributed by atoms with E-state index in [1.807, 2.05) is 0 Å². The van der Waals surface area contributed by atoms with Gasteiger partial charge in [0.2, 0.25) is 0 Å². The molecule has 126 valence electrons. The molecule has 1 aliphatic heterocycles. The minimum Gasteiger partial charge on any atom is -0.468 e. The van der Waals surface area contributed by atoms with Crippen molar-refractivity contribution in [3.05, 3.63) is 0 Å². The lowest BCUT2D eigenvalue weighted by atomic mass is 9.89. The van der Waals surface area contributed by atoms with Gasteiger partial charge in [0.15, 0.2) is 0 Å². The Hall–Kier alpha value is -0.610. The molecule has 2 saturated carbocycles. The molecular formula is C18H32N2O2. The maximum atomic E-state index is 11.6. The molecule has 1 saturated heterocycles. The summed E-state index contributed by atoms with van der Waals surface area (Å²) in [5.41, 5.74) is 0. The molecule has 0 aromatic rings. The van der Waals surface area contributed by atoms with Crippen molar-refractivity contribution in [1.82, 2.24) is 10.2 Å². The molecule has 4 heteroatoms. The number of nitrogens with one attached hydrogen (secondary N) is 1. The van der Waals surface area contributed by atoms with Gasteiger partial charge in [-0.15, -0.1) is 0 Å². The van der Waals surface area contributed by atoms with Crippen LogP contribution < -0.4 is 5.32 Å². The highest BCUT2D eigenvalue weighted by atomic mass is 16.5. The summed E-state index contributed by atoms with van der Waals surface area (Å²) in [5, 5.41) is 3.81. The predicted molar refractivity (Wildman–Crippen MR) is 87.7 cm³/mol. The highest BCUT2D eigenvalue weighted by Crippen LogP contribution is 2.37. The third-order valence-electron chi connectivity index (χ3n) is 5.73. The Labute approximate surface area is 135 Å². The van der Waals surface area contributed by atoms with Crippen molar-refractivity contribution in [3.63, 3.8) is 0 Å². The van der Waals surface area contributed by atoms with E-state index in [-0.39, 0.29) is 5.97 Å². The fraction of sp³-hybridized carbons (Fsp3) is 0.944. The smallest absolute Gasteiger partial charge is 0.319 e. The molecule has 1 heterocycles. The minimum absolute atomic E-state index is 0.0957. The monoisotopic (exact) mass is 308 g/mol. The number of esters is 1. The molecule has 2 atom stereocenters. The van der Waals surface area contributed by atoms with Gasteiger partial charge in [-0.2, -0.15) is 0 Å². The molecule has 22 heavy (non-hydrogen) atoms. The van der Waals surface area contributed by atoms with Crippen molar-refractivity contribution < 1.29 is 9.53 Å². The van der Waals surface area contributed by atoms with Crippen molar-refractivity contribution in [2.45, 2.75) is 57.4 Å². The Bertz CT molecular complexity index is 364. The van der Waals surface area contributed by atoms with E-state index in [2.05, 4.69) is 10.2 Å². The van der Waals surface area contributed by atoms with Gasteiger partial charge >= 0.3 is 5.97 Å². The molecule has 0 radical (unpaired) electrons. The summed E-state index contributed by atoms with van der Waals surface area (Å²) in [7, 11) is 1.49. The van der Waals surface area contributed by atoms with E-state index in [9.17, 15) is 4.79 Å². The van der Waals surface area contributed by atoms with E-state index in [0.29, 0.717) is 12.6 Å². The van der Waals surface area contributed by atoms with Crippen LogP contribution in [0.1, 0.15) is 51.4 Å². The zero-order valence-electron chi connectivity index (χ0n) is 14.1. The second-order valence-electron chi connectivity index (χ2n) is 7.81. The molecule has 0 aromatic heterocycles. The summed E-state index contributed by atoms with van der Waals surface area (Å²) >= 11 is 0. The van der Waals surface area contributed by atoms with E-state index in [4.69, 9.17) is 4.74 Å². The molecule has 1 N–H and O–H groups in total. The van der Waals surface area contributed by atoms with Crippen LogP contribution in [-0.4, -0.2) is 50.2 Å². The van der Waals surface area contributed by atoms with Crippen LogP contribution in [0, 0.1) is 17.8 Å². The van der Waals surface area contributed by atoms with Gasteiger partial charge in [-0.05, 0) is 50.0 Å². The van der Waals surface area contributed by atoms with Gasteiger partial charge in [-0.3, -0.25) is 9.69 Å². The number of carbonyl (C=O) groups is 1. The number of carbonyl (C=O) groups excluding carboxylic acids is 1. The standard InChI is InChI=1S/C18H32N2O2/c1-22-18(21)13-20-11-16(8-14-6-7-14)9-17(12-20)19-10-15-4-2-3-5-15/h14-17,19H,2-13H2,1H3. The third kappa shape index (κ3) is 4.95. The summed E-state index contributed by atoms with van der Waals surface area (Å²) in [6.07, 6.45) is 11.1. The average Bonchev–Trinajstić information content (AvgIpc) is 3.16. The van der Waals surface area contributed by atoms with Crippen molar-refractivity contribution in [2.75, 3.05) is 33.3 Å². The molecule has 2 unspecified atom stereocenters. The van der Waals surface area contributed by atoms with Gasteiger partial charge in [-0.1, -0.05) is 25.7 Å². The first-order valence-corrected chi connectivity index (χ1v) is 9.25. The van der Waals surface area contributed by atoms with Crippen LogP contribution in [0.3, 0.4) is 0 Å². The molecule has 3 rings (SSSR count). The second kappa shape index (κ2) is 7.78. The fourth-order valence-corrected chi connectivity index (χ4v) is 4.37. The van der Waals surface area contributed by atoms with Gasteiger partial charge < -0.3 is 10.1 Å². The summed E-state index contributed by atoms with van der Waals surface area (Å²) in [6, 6.07) is 0.558. The summed E-state index contributed by atoms with van der Waals surface area (Å²) in [6.45, 7) is 3.71. The number of ether oxygens (including phenoxy) is 1. The summed E-state index contributed by atoms with van der Waals surface area (Å²) in [4.78, 5) is 13.9. The van der Waals surface area contributed by atoms with E-state index in [1.54, 1.807) is 0 Å². The Morgan fingerprint density at radius 1 is 1.09 bits per heavy atom. The summed E-state index contributed by atoms with van der Waals surface area (Å²) in [5.74, 6) is 2.52. The maximum Gasteiger partial charge on any atom is 0.319 e. The van der Waals surface area contributed by atoms with Gasteiger partial charge in [0.1, 0.15) is 0 Å². The topological polar surface area (TPSA) is 41.6 Å². The first kappa shape index (κ1) is 16.3. The van der Waals surface area contributed by atoms with Gasteiger partial charge in [0.25, 0.3) is 0 Å². The molecule has 0 aromatic carbocycles. The van der Waals surface area contributed by atoms with Crippen molar-refractivity contribution in [1.29, 1.82) is 0 Å². The highest BCUT2D eigenvalue weighted by molar-refractivity contribution is 5.71. The van der Waals surface area contributed by atoms with Gasteiger partial charge in [0.05, 0.1) is 13.7 Å². The van der Waals surface area contributed by atoms with Crippen molar-refractivity contribution >= 4 is 5.97 Å². The Morgan fingerprint density at radius 2 is 1.86 bits per heavy atom. The van der Waals surface area contributed by atoms with E-state index >= 15 is 0 Å². The largest absolute Gasteiger partial charge is 0.468 e. The Morgan fingerprint density at radius 3 is 2.55 bits per heavy atom. The van der Waals surface area contributed by atoms with Crippen LogP contribution in [0.2, 0.25) is 0 Å². The molecule has 3 aliphatic rings. The van der Waals surface area contributed by atoms with Crippen LogP contribution in [0.5, 0.6) is 0 Å². The Kier molecular flexibility index (Phi) is 5.75. The quantitative estimate of drug-likeness (QED) is 0.734. The molecular weight excluding hydrogens is 276 g/mol. The van der Waals surface area contributed by atoms with Crippen LogP contribution in [0.4, 0.5) is 0 Å². The fourth-order valence-electron chi connectivity index (χ4n) is 4.37. The maximum absolute atomic E-state index is 11.6. The first-order valence-electron chi connectivity index (χ1n) is 9.25. The number of piperidine rings is 1. The van der Waals surface area contributed by atoms with Gasteiger partial charge in [0, 0.05) is 19.1 Å². The van der Waals surface area contributed by atoms with Crippen LogP contribution in [-0.2, 0) is 9.53 Å². The minimum atomic E-state index is -0.0957. The number of methoxy groups -OCH3 is 1. The zero-order valence-corrected chi connectivity index (χ0v) is 14.1. The van der Waals surface area contributed by atoms with Crippen LogP contribution in [0.25, 0.3) is 0 Å². The zero-order chi connectivity index (χ0) is 15.4. The van der Waals surface area contributed by atoms with Gasteiger partial charge in [-0.25, -0.2) is 0 Å². The molecule has 4 nitrogen and oxygen atoms in total. The second-order valence-corrected chi connectivity index (χ2v) is 7.81. The van der Waals surface area contributed by atoms with Crippen LogP contribution in [0.15, 0.2) is 0 Å². The van der Waals surface area contributed by atoms with Crippen molar-refractivity contribution in [2.24, 2.45) is 17.8 Å². The van der Waals surface area contributed by atoms with E-state index < -0.39 is 0 Å². The lowest BCUT2D eigenvalue weighted by Gasteiger charge is -2.38. The lowest BCUT2D eigenvalue weighted by molar-refractivity contribution is -0.142. The molecule has 0 spiro atoms. The summed E-state index contributed by atoms with van der Waals surface area (Å²) < 4.78 is 4.86. The SMILES string of the molecule is COC(=O)CN1CC(CC2CC2)CC(NCC2CCCC2)C1. The lowest BCUT2D eigenvalue weighted by Crippen LogP contribution is -2.51. The third-order valence-corrected chi connectivity index (χ3v) is 5.73. The normalized spacial score (nSPS) is 30.6. The first-order chi connectivity index (χ1) is 10.7. The molecule has 0 bridgehead atoms. The number of hydrogen-bond donors (Lipinski definition) is 1. The number of rotatable bonds is 7. The van der Waals surface area contributed by atoms with Crippen molar-refractivity contribution in [3.8, 4) is 0 Å². The molecule has 3 fully saturated rings. The number of likely N-dealkylation sites (tertiary alicyclic amines) is 1. The number of hydrogen-bond acceptors (Lipinski definition) is 4.